The number of hydrogen-bond donors (Lipinski definition) is 2. The number of carboxylic acids is 1. The molecule has 1 atom stereocenters. The van der Waals surface area contributed by atoms with E-state index in [-0.39, 0.29) is 6.42 Å². The number of aromatic nitrogens is 2. The maximum atomic E-state index is 10.5. The molecule has 0 bridgehead atoms. The van der Waals surface area contributed by atoms with Crippen molar-refractivity contribution in [2.75, 3.05) is 11.9 Å². The van der Waals surface area contributed by atoms with Gasteiger partial charge in [-0.25, -0.2) is 9.97 Å². The largest absolute Gasteiger partial charge is 0.481 e. The zero-order chi connectivity index (χ0) is 14.1. The van der Waals surface area contributed by atoms with Crippen molar-refractivity contribution in [3.05, 3.63) is 18.0 Å². The summed E-state index contributed by atoms with van der Waals surface area (Å²) >= 11 is 0. The van der Waals surface area contributed by atoms with Gasteiger partial charge in [0.1, 0.15) is 11.8 Å². The van der Waals surface area contributed by atoms with Crippen molar-refractivity contribution in [3.63, 3.8) is 0 Å². The molecule has 1 aromatic heterocycles. The van der Waals surface area contributed by atoms with Crippen LogP contribution in [0, 0.1) is 17.2 Å². The van der Waals surface area contributed by atoms with E-state index in [4.69, 9.17) is 10.4 Å². The van der Waals surface area contributed by atoms with Crippen LogP contribution in [0.3, 0.4) is 0 Å². The smallest absolute Gasteiger partial charge is 0.303 e. The summed E-state index contributed by atoms with van der Waals surface area (Å²) in [6.45, 7) is 2.73. The lowest BCUT2D eigenvalue weighted by Gasteiger charge is -2.13. The van der Waals surface area contributed by atoms with Crippen LogP contribution < -0.4 is 5.32 Å². The van der Waals surface area contributed by atoms with Gasteiger partial charge in [0.15, 0.2) is 0 Å². The second kappa shape index (κ2) is 8.03. The van der Waals surface area contributed by atoms with Gasteiger partial charge in [-0.1, -0.05) is 13.3 Å². The molecule has 0 saturated heterocycles. The van der Waals surface area contributed by atoms with Gasteiger partial charge in [-0.3, -0.25) is 4.79 Å². The van der Waals surface area contributed by atoms with Crippen LogP contribution in [0.5, 0.6) is 0 Å². The van der Waals surface area contributed by atoms with Gasteiger partial charge in [-0.15, -0.1) is 0 Å². The molecule has 0 amide bonds. The summed E-state index contributed by atoms with van der Waals surface area (Å²) in [6, 6.07) is 3.50. The van der Waals surface area contributed by atoms with E-state index in [1.165, 1.54) is 6.20 Å². The van der Waals surface area contributed by atoms with Crippen LogP contribution in [0.25, 0.3) is 0 Å². The summed E-state index contributed by atoms with van der Waals surface area (Å²) in [5, 5.41) is 20.4. The Balaban J connectivity index is 2.35. The minimum absolute atomic E-state index is 0.207. The first-order valence-corrected chi connectivity index (χ1v) is 6.34. The van der Waals surface area contributed by atoms with Crippen molar-refractivity contribution in [2.24, 2.45) is 5.92 Å². The maximum Gasteiger partial charge on any atom is 0.303 e. The number of aliphatic carboxylic acids is 1. The lowest BCUT2D eigenvalue weighted by Crippen LogP contribution is -2.12. The minimum Gasteiger partial charge on any atom is -0.481 e. The van der Waals surface area contributed by atoms with Gasteiger partial charge < -0.3 is 10.4 Å². The van der Waals surface area contributed by atoms with Crippen LogP contribution in [-0.2, 0) is 4.79 Å². The fourth-order valence-corrected chi connectivity index (χ4v) is 1.77. The molecule has 1 unspecified atom stereocenters. The fourth-order valence-electron chi connectivity index (χ4n) is 1.77. The summed E-state index contributed by atoms with van der Waals surface area (Å²) in [6.07, 6.45) is 4.25. The molecule has 0 fully saturated rings. The van der Waals surface area contributed by atoms with Crippen molar-refractivity contribution in [1.82, 2.24) is 9.97 Å². The average molecular weight is 262 g/mol. The SMILES string of the molecule is CCC(CCNc1nccc(C#N)n1)CCC(=O)O. The van der Waals surface area contributed by atoms with E-state index in [0.717, 1.165) is 12.8 Å². The molecule has 19 heavy (non-hydrogen) atoms. The third-order valence-corrected chi connectivity index (χ3v) is 2.95. The van der Waals surface area contributed by atoms with E-state index in [0.29, 0.717) is 30.5 Å². The molecule has 2 N–H and O–H groups in total. The average Bonchev–Trinajstić information content (AvgIpc) is 2.42. The second-order valence-electron chi connectivity index (χ2n) is 4.30. The Bertz CT molecular complexity index is 456. The zero-order valence-electron chi connectivity index (χ0n) is 11.0. The van der Waals surface area contributed by atoms with E-state index in [1.807, 2.05) is 6.07 Å². The van der Waals surface area contributed by atoms with Crippen molar-refractivity contribution in [3.8, 4) is 6.07 Å². The predicted molar refractivity (Wildman–Crippen MR) is 70.5 cm³/mol. The van der Waals surface area contributed by atoms with Gasteiger partial charge in [0, 0.05) is 19.2 Å². The second-order valence-corrected chi connectivity index (χ2v) is 4.30. The standard InChI is InChI=1S/C13H18N4O2/c1-2-10(3-4-12(18)19)5-7-15-13-16-8-6-11(9-14)17-13/h6,8,10H,2-5,7H2,1H3,(H,18,19)(H,15,16,17). The number of nitrogens with zero attached hydrogens (tertiary/aromatic N) is 3. The third-order valence-electron chi connectivity index (χ3n) is 2.95. The van der Waals surface area contributed by atoms with Crippen LogP contribution >= 0.6 is 0 Å². The lowest BCUT2D eigenvalue weighted by atomic mass is 9.97. The normalized spacial score (nSPS) is 11.6. The number of hydrogen-bond acceptors (Lipinski definition) is 5. The summed E-state index contributed by atoms with van der Waals surface area (Å²) in [4.78, 5) is 18.5. The molecule has 0 radical (unpaired) electrons. The van der Waals surface area contributed by atoms with Crippen LogP contribution in [-0.4, -0.2) is 27.6 Å². The zero-order valence-corrected chi connectivity index (χ0v) is 11.0. The van der Waals surface area contributed by atoms with E-state index in [2.05, 4.69) is 22.2 Å². The molecule has 1 aromatic rings. The first-order chi connectivity index (χ1) is 9.15. The molecule has 0 aliphatic carbocycles. The van der Waals surface area contributed by atoms with Gasteiger partial charge in [0.05, 0.1) is 0 Å². The fraction of sp³-hybridized carbons (Fsp3) is 0.538. The Hall–Kier alpha value is -2.16. The van der Waals surface area contributed by atoms with Gasteiger partial charge in [0.2, 0.25) is 5.95 Å². The monoisotopic (exact) mass is 262 g/mol. The van der Waals surface area contributed by atoms with Gasteiger partial charge in [0.25, 0.3) is 0 Å². The summed E-state index contributed by atoms with van der Waals surface area (Å²) in [5.41, 5.74) is 0.329. The highest BCUT2D eigenvalue weighted by atomic mass is 16.4. The van der Waals surface area contributed by atoms with Crippen molar-refractivity contribution in [2.45, 2.75) is 32.6 Å². The lowest BCUT2D eigenvalue weighted by molar-refractivity contribution is -0.137. The Morgan fingerprint density at radius 2 is 2.37 bits per heavy atom. The first kappa shape index (κ1) is 14.9. The first-order valence-electron chi connectivity index (χ1n) is 6.34. The number of rotatable bonds is 8. The molecule has 0 aromatic carbocycles. The molecule has 102 valence electrons. The predicted octanol–water partition coefficient (Wildman–Crippen LogP) is 2.04. The summed E-state index contributed by atoms with van der Waals surface area (Å²) in [7, 11) is 0. The summed E-state index contributed by atoms with van der Waals surface area (Å²) in [5.74, 6) is 0.0614. The van der Waals surface area contributed by atoms with Crippen molar-refractivity contribution in [1.29, 1.82) is 5.26 Å². The molecule has 6 nitrogen and oxygen atoms in total. The quantitative estimate of drug-likeness (QED) is 0.743. The number of anilines is 1. The van der Waals surface area contributed by atoms with Crippen molar-refractivity contribution < 1.29 is 9.90 Å². The highest BCUT2D eigenvalue weighted by Crippen LogP contribution is 2.15. The molecule has 0 spiro atoms. The number of carboxylic acid groups (broad SMARTS) is 1. The molecular weight excluding hydrogens is 244 g/mol. The van der Waals surface area contributed by atoms with Crippen LogP contribution in [0.2, 0.25) is 0 Å². The molecule has 0 aliphatic rings. The topological polar surface area (TPSA) is 98.9 Å². The highest BCUT2D eigenvalue weighted by molar-refractivity contribution is 5.66. The van der Waals surface area contributed by atoms with Gasteiger partial charge in [-0.05, 0) is 24.8 Å². The number of nitriles is 1. The Morgan fingerprint density at radius 3 is 3.00 bits per heavy atom. The Kier molecular flexibility index (Phi) is 6.30. The highest BCUT2D eigenvalue weighted by Gasteiger charge is 2.09. The Labute approximate surface area is 112 Å². The maximum absolute atomic E-state index is 10.5. The number of carbonyl (C=O) groups is 1. The molecule has 0 aliphatic heterocycles. The molecular formula is C13H18N4O2. The molecule has 1 heterocycles. The van der Waals surface area contributed by atoms with E-state index in [9.17, 15) is 4.79 Å². The van der Waals surface area contributed by atoms with Crippen LogP contribution in [0.1, 0.15) is 38.3 Å². The third kappa shape index (κ3) is 5.82. The molecule has 0 saturated carbocycles. The van der Waals surface area contributed by atoms with Gasteiger partial charge in [-0.2, -0.15) is 5.26 Å². The van der Waals surface area contributed by atoms with E-state index < -0.39 is 5.97 Å². The summed E-state index contributed by atoms with van der Waals surface area (Å²) < 4.78 is 0. The molecule has 6 heteroatoms. The van der Waals surface area contributed by atoms with Crippen molar-refractivity contribution >= 4 is 11.9 Å². The number of nitrogens with one attached hydrogen (secondary N) is 1. The molecule has 1 rings (SSSR count). The Morgan fingerprint density at radius 1 is 1.58 bits per heavy atom. The van der Waals surface area contributed by atoms with E-state index in [1.54, 1.807) is 6.07 Å². The van der Waals surface area contributed by atoms with Gasteiger partial charge >= 0.3 is 5.97 Å². The van der Waals surface area contributed by atoms with E-state index >= 15 is 0 Å². The minimum atomic E-state index is -0.753. The van der Waals surface area contributed by atoms with Crippen LogP contribution in [0.4, 0.5) is 5.95 Å². The van der Waals surface area contributed by atoms with Crippen LogP contribution in [0.15, 0.2) is 12.3 Å².